The van der Waals surface area contributed by atoms with Crippen LogP contribution in [0, 0.1) is 0 Å². The van der Waals surface area contributed by atoms with Gasteiger partial charge in [0.2, 0.25) is 0 Å². The lowest BCUT2D eigenvalue weighted by Crippen LogP contribution is -2.39. The Morgan fingerprint density at radius 1 is 0.929 bits per heavy atom. The van der Waals surface area contributed by atoms with Crippen LogP contribution in [0.3, 0.4) is 0 Å². The number of nitrogens with zero attached hydrogens (tertiary/aromatic N) is 2. The normalized spacial score (nSPS) is 12.3. The van der Waals surface area contributed by atoms with E-state index in [0.29, 0.717) is 28.7 Å². The van der Waals surface area contributed by atoms with Gasteiger partial charge in [-0.3, -0.25) is 0 Å². The van der Waals surface area contributed by atoms with Crippen LogP contribution in [0.4, 0.5) is 5.69 Å². The van der Waals surface area contributed by atoms with Gasteiger partial charge in [-0.15, -0.1) is 0 Å². The molecule has 0 aliphatic heterocycles. The van der Waals surface area contributed by atoms with Gasteiger partial charge < -0.3 is 14.9 Å². The zero-order chi connectivity index (χ0) is 20.3. The number of fused-ring (bicyclic) bond motifs is 1. The van der Waals surface area contributed by atoms with Crippen LogP contribution in [0.5, 0.6) is 0 Å². The Labute approximate surface area is 174 Å². The second kappa shape index (κ2) is 8.82. The van der Waals surface area contributed by atoms with E-state index in [4.69, 9.17) is 23.2 Å². The van der Waals surface area contributed by atoms with E-state index in [-0.39, 0.29) is 0 Å². The molecule has 0 spiro atoms. The first-order valence-electron chi connectivity index (χ1n) is 8.95. The quantitative estimate of drug-likeness (QED) is 0.564. The first-order chi connectivity index (χ1) is 13.4. The van der Waals surface area contributed by atoms with Gasteiger partial charge in [-0.05, 0) is 49.1 Å². The molecule has 0 bridgehead atoms. The van der Waals surface area contributed by atoms with Gasteiger partial charge in [-0.2, -0.15) is 0 Å². The molecule has 0 aliphatic rings. The number of aliphatic carboxylic acids is 1. The van der Waals surface area contributed by atoms with Gasteiger partial charge in [0.05, 0.1) is 0 Å². The second-order valence-electron chi connectivity index (χ2n) is 6.90. The van der Waals surface area contributed by atoms with Crippen LogP contribution in [0.15, 0.2) is 60.7 Å². The molecule has 0 heterocycles. The Kier molecular flexibility index (Phi) is 6.45. The van der Waals surface area contributed by atoms with Crippen LogP contribution in [-0.2, 0) is 4.79 Å². The van der Waals surface area contributed by atoms with Crippen LogP contribution in [0.2, 0.25) is 10.0 Å². The molecule has 0 fully saturated rings. The van der Waals surface area contributed by atoms with E-state index < -0.39 is 12.0 Å². The first-order valence-corrected chi connectivity index (χ1v) is 9.71. The molecule has 4 nitrogen and oxygen atoms in total. The van der Waals surface area contributed by atoms with E-state index >= 15 is 0 Å². The molecule has 3 rings (SSSR count). The van der Waals surface area contributed by atoms with Crippen LogP contribution >= 0.6 is 23.2 Å². The molecule has 1 unspecified atom stereocenters. The summed E-state index contributed by atoms with van der Waals surface area (Å²) in [6.45, 7) is 1.18. The van der Waals surface area contributed by atoms with Gasteiger partial charge in [0.15, 0.2) is 6.04 Å². The van der Waals surface area contributed by atoms with Crippen LogP contribution in [0.25, 0.3) is 10.8 Å². The number of carboxylic acids is 1. The van der Waals surface area contributed by atoms with Crippen LogP contribution < -0.4 is 4.90 Å². The molecule has 1 atom stereocenters. The lowest BCUT2D eigenvalue weighted by Gasteiger charge is -2.33. The minimum atomic E-state index is -0.998. The Bertz CT molecular complexity index is 971. The number of benzene rings is 3. The summed E-state index contributed by atoms with van der Waals surface area (Å²) in [6, 6.07) is 18.0. The van der Waals surface area contributed by atoms with Crippen molar-refractivity contribution >= 4 is 45.6 Å². The lowest BCUT2D eigenvalue weighted by molar-refractivity contribution is -0.138. The Hall–Kier alpha value is -2.27. The summed E-state index contributed by atoms with van der Waals surface area (Å²) in [4.78, 5) is 16.2. The maximum absolute atomic E-state index is 12.4. The topological polar surface area (TPSA) is 43.8 Å². The number of likely N-dealkylation sites (N-methyl/N-ethyl adjacent to an activating group) is 1. The smallest absolute Gasteiger partial charge is 0.331 e. The van der Waals surface area contributed by atoms with E-state index in [2.05, 4.69) is 0 Å². The monoisotopic (exact) mass is 416 g/mol. The zero-order valence-electron chi connectivity index (χ0n) is 15.8. The Morgan fingerprint density at radius 3 is 2.18 bits per heavy atom. The third-order valence-corrected chi connectivity index (χ3v) is 5.33. The summed E-state index contributed by atoms with van der Waals surface area (Å²) in [5, 5.41) is 12.9. The summed E-state index contributed by atoms with van der Waals surface area (Å²) in [5.41, 5.74) is 1.22. The number of hydrogen-bond acceptors (Lipinski definition) is 3. The first kappa shape index (κ1) is 20.5. The van der Waals surface area contributed by atoms with Crippen molar-refractivity contribution in [3.63, 3.8) is 0 Å². The predicted molar refractivity (Wildman–Crippen MR) is 117 cm³/mol. The highest BCUT2D eigenvalue weighted by atomic mass is 35.5. The highest BCUT2D eigenvalue weighted by molar-refractivity contribution is 6.36. The summed E-state index contributed by atoms with van der Waals surface area (Å²) in [7, 11) is 3.91. The SMILES string of the molecule is CN(C)CCN(c1ccc2ccccc2c1)C(C(=O)O)c1c(Cl)cccc1Cl. The van der Waals surface area contributed by atoms with Crippen molar-refractivity contribution in [3.05, 3.63) is 76.3 Å². The molecular formula is C22H22Cl2N2O2. The molecule has 3 aromatic rings. The lowest BCUT2D eigenvalue weighted by atomic mass is 10.0. The van der Waals surface area contributed by atoms with E-state index in [1.54, 1.807) is 18.2 Å². The number of hydrogen-bond donors (Lipinski definition) is 1. The van der Waals surface area contributed by atoms with Crippen LogP contribution in [0.1, 0.15) is 11.6 Å². The van der Waals surface area contributed by atoms with Crippen molar-refractivity contribution in [1.29, 1.82) is 0 Å². The van der Waals surface area contributed by atoms with Crippen molar-refractivity contribution < 1.29 is 9.90 Å². The van der Waals surface area contributed by atoms with Gasteiger partial charge in [-0.1, -0.05) is 59.6 Å². The number of carboxylic acid groups (broad SMARTS) is 1. The average Bonchev–Trinajstić information content (AvgIpc) is 2.65. The summed E-state index contributed by atoms with van der Waals surface area (Å²) in [6.07, 6.45) is 0. The van der Waals surface area contributed by atoms with E-state index in [1.165, 1.54) is 0 Å². The second-order valence-corrected chi connectivity index (χ2v) is 7.72. The molecule has 0 radical (unpaired) electrons. The van der Waals surface area contributed by atoms with E-state index in [9.17, 15) is 9.90 Å². The molecule has 1 N–H and O–H groups in total. The van der Waals surface area contributed by atoms with Gasteiger partial charge in [0.1, 0.15) is 0 Å². The highest BCUT2D eigenvalue weighted by Crippen LogP contribution is 2.37. The highest BCUT2D eigenvalue weighted by Gasteiger charge is 2.31. The fraction of sp³-hybridized carbons (Fsp3) is 0.227. The Morgan fingerprint density at radius 2 is 1.57 bits per heavy atom. The zero-order valence-corrected chi connectivity index (χ0v) is 17.3. The molecule has 0 aromatic heterocycles. The van der Waals surface area contributed by atoms with Crippen LogP contribution in [-0.4, -0.2) is 43.2 Å². The molecule has 0 saturated heterocycles. The number of halogens is 2. The third-order valence-electron chi connectivity index (χ3n) is 4.67. The molecule has 6 heteroatoms. The molecule has 28 heavy (non-hydrogen) atoms. The van der Waals surface area contributed by atoms with Crippen molar-refractivity contribution in [1.82, 2.24) is 4.90 Å². The molecule has 0 saturated carbocycles. The summed E-state index contributed by atoms with van der Waals surface area (Å²) >= 11 is 12.7. The van der Waals surface area contributed by atoms with Gasteiger partial charge in [0.25, 0.3) is 0 Å². The number of carbonyl (C=O) groups is 1. The van der Waals surface area contributed by atoms with Gasteiger partial charge >= 0.3 is 5.97 Å². The standard InChI is InChI=1S/C22H22Cl2N2O2/c1-25(2)12-13-26(17-11-10-15-6-3-4-7-16(15)14-17)21(22(27)28)20-18(23)8-5-9-19(20)24/h3-11,14,21H,12-13H2,1-2H3,(H,27,28). The fourth-order valence-electron chi connectivity index (χ4n) is 3.25. The van der Waals surface area contributed by atoms with E-state index in [0.717, 1.165) is 16.5 Å². The minimum Gasteiger partial charge on any atom is -0.479 e. The number of anilines is 1. The van der Waals surface area contributed by atoms with Gasteiger partial charge in [-0.25, -0.2) is 4.79 Å². The predicted octanol–water partition coefficient (Wildman–Crippen LogP) is 5.34. The maximum atomic E-state index is 12.4. The molecule has 0 aliphatic carbocycles. The number of rotatable bonds is 7. The van der Waals surface area contributed by atoms with Crippen molar-refractivity contribution in [3.8, 4) is 0 Å². The molecule has 0 amide bonds. The summed E-state index contributed by atoms with van der Waals surface area (Å²) < 4.78 is 0. The Balaban J connectivity index is 2.14. The van der Waals surface area contributed by atoms with E-state index in [1.807, 2.05) is 66.4 Å². The fourth-order valence-corrected chi connectivity index (χ4v) is 3.86. The van der Waals surface area contributed by atoms with Gasteiger partial charge in [0, 0.05) is 34.4 Å². The van der Waals surface area contributed by atoms with Crippen molar-refractivity contribution in [2.75, 3.05) is 32.1 Å². The minimum absolute atomic E-state index is 0.343. The average molecular weight is 417 g/mol. The molecule has 146 valence electrons. The summed E-state index contributed by atoms with van der Waals surface area (Å²) in [5.74, 6) is -0.998. The van der Waals surface area contributed by atoms with Crippen molar-refractivity contribution in [2.24, 2.45) is 0 Å². The maximum Gasteiger partial charge on any atom is 0.331 e. The molecule has 3 aromatic carbocycles. The third kappa shape index (κ3) is 4.41. The van der Waals surface area contributed by atoms with Crippen molar-refractivity contribution in [2.45, 2.75) is 6.04 Å². The largest absolute Gasteiger partial charge is 0.479 e. The molecular weight excluding hydrogens is 395 g/mol.